The molecule has 0 amide bonds. The Kier molecular flexibility index (Phi) is 1.25. The van der Waals surface area contributed by atoms with Crippen molar-refractivity contribution < 1.29 is 14.2 Å². The topological polar surface area (TPSA) is 44.5 Å². The second-order valence-corrected chi connectivity index (χ2v) is 3.39. The molecule has 2 atom stereocenters. The summed E-state index contributed by atoms with van der Waals surface area (Å²) in [6, 6.07) is 0. The summed E-state index contributed by atoms with van der Waals surface area (Å²) in [5.74, 6) is -0.521. The quantitative estimate of drug-likeness (QED) is 0.370. The third kappa shape index (κ3) is 1.12. The monoisotopic (exact) mass is 157 g/mol. The standard InChI is InChI=1S/C7H11NO3/c1-7(2)10-5-3-8(9)4-6(5)11-7/h3,5-6H,4H2,1-2H3/t5-,6+/m0/s1. The highest BCUT2D eigenvalue weighted by Gasteiger charge is 2.47. The van der Waals surface area contributed by atoms with Crippen LogP contribution in [0.25, 0.3) is 0 Å². The summed E-state index contributed by atoms with van der Waals surface area (Å²) >= 11 is 0. The SMILES string of the molecule is CC1(C)O[C@H]2C=[N+]([O-])C[C@H]2O1. The van der Waals surface area contributed by atoms with E-state index in [0.29, 0.717) is 6.54 Å². The van der Waals surface area contributed by atoms with Gasteiger partial charge in [0.25, 0.3) is 0 Å². The summed E-state index contributed by atoms with van der Waals surface area (Å²) in [6.45, 7) is 4.11. The van der Waals surface area contributed by atoms with Gasteiger partial charge in [0.15, 0.2) is 30.8 Å². The van der Waals surface area contributed by atoms with E-state index >= 15 is 0 Å². The summed E-state index contributed by atoms with van der Waals surface area (Å²) in [5.41, 5.74) is 0. The van der Waals surface area contributed by atoms with Crippen molar-refractivity contribution in [3.05, 3.63) is 5.21 Å². The van der Waals surface area contributed by atoms with Crippen LogP contribution in [0.1, 0.15) is 13.8 Å². The van der Waals surface area contributed by atoms with E-state index in [4.69, 9.17) is 9.47 Å². The molecule has 2 heterocycles. The van der Waals surface area contributed by atoms with Crippen LogP contribution in [0.3, 0.4) is 0 Å². The van der Waals surface area contributed by atoms with Crippen LogP contribution in [0.4, 0.5) is 0 Å². The highest BCUT2D eigenvalue weighted by molar-refractivity contribution is 5.61. The van der Waals surface area contributed by atoms with Gasteiger partial charge in [-0.2, -0.15) is 0 Å². The number of fused-ring (bicyclic) bond motifs is 1. The maximum atomic E-state index is 10.8. The number of ether oxygens (including phenoxy) is 2. The molecule has 0 aromatic rings. The predicted octanol–water partition coefficient (Wildman–Crippen LogP) is 0.101. The molecule has 1 saturated heterocycles. The zero-order chi connectivity index (χ0) is 8.06. The van der Waals surface area contributed by atoms with Gasteiger partial charge in [-0.1, -0.05) is 0 Å². The summed E-state index contributed by atoms with van der Waals surface area (Å²) in [6.07, 6.45) is 1.32. The lowest BCUT2D eigenvalue weighted by Gasteiger charge is -2.16. The zero-order valence-electron chi connectivity index (χ0n) is 6.61. The average Bonchev–Trinajstić information content (AvgIpc) is 2.17. The molecule has 62 valence electrons. The first-order valence-electron chi connectivity index (χ1n) is 3.71. The molecule has 4 heteroatoms. The Hall–Kier alpha value is -0.610. The molecule has 2 aliphatic rings. The van der Waals surface area contributed by atoms with Gasteiger partial charge < -0.3 is 14.7 Å². The minimum absolute atomic E-state index is 0.0671. The van der Waals surface area contributed by atoms with Crippen LogP contribution in [0.15, 0.2) is 0 Å². The third-order valence-electron chi connectivity index (χ3n) is 1.89. The predicted molar refractivity (Wildman–Crippen MR) is 38.4 cm³/mol. The van der Waals surface area contributed by atoms with E-state index < -0.39 is 5.79 Å². The Labute approximate surface area is 65.0 Å². The van der Waals surface area contributed by atoms with Crippen LogP contribution in [0.5, 0.6) is 0 Å². The highest BCUT2D eigenvalue weighted by atomic mass is 16.8. The molecule has 0 aromatic heterocycles. The van der Waals surface area contributed by atoms with Gasteiger partial charge in [0.1, 0.15) is 0 Å². The molecule has 2 aliphatic heterocycles. The van der Waals surface area contributed by atoms with Crippen molar-refractivity contribution in [3.63, 3.8) is 0 Å². The minimum Gasteiger partial charge on any atom is -0.624 e. The molecule has 0 spiro atoms. The van der Waals surface area contributed by atoms with Crippen molar-refractivity contribution in [2.45, 2.75) is 31.8 Å². The Morgan fingerprint density at radius 3 is 2.91 bits per heavy atom. The van der Waals surface area contributed by atoms with Crippen molar-refractivity contribution in [1.29, 1.82) is 0 Å². The Morgan fingerprint density at radius 1 is 1.55 bits per heavy atom. The van der Waals surface area contributed by atoms with Gasteiger partial charge in [0, 0.05) is 0 Å². The van der Waals surface area contributed by atoms with Crippen molar-refractivity contribution in [1.82, 2.24) is 0 Å². The number of hydrogen-bond donors (Lipinski definition) is 0. The number of nitrogens with zero attached hydrogens (tertiary/aromatic N) is 1. The van der Waals surface area contributed by atoms with Crippen LogP contribution in [0, 0.1) is 5.21 Å². The van der Waals surface area contributed by atoms with Crippen LogP contribution < -0.4 is 0 Å². The van der Waals surface area contributed by atoms with Crippen LogP contribution in [0.2, 0.25) is 0 Å². The molecule has 0 unspecified atom stereocenters. The van der Waals surface area contributed by atoms with Gasteiger partial charge in [0.2, 0.25) is 0 Å². The van der Waals surface area contributed by atoms with Crippen molar-refractivity contribution in [2.75, 3.05) is 6.54 Å². The lowest BCUT2D eigenvalue weighted by molar-refractivity contribution is -0.456. The molecule has 0 saturated carbocycles. The Balaban J connectivity index is 2.13. The maximum absolute atomic E-state index is 10.8. The van der Waals surface area contributed by atoms with E-state index in [1.54, 1.807) is 0 Å². The first-order chi connectivity index (χ1) is 5.07. The Morgan fingerprint density at radius 2 is 2.27 bits per heavy atom. The number of hydroxylamine groups is 1. The fourth-order valence-electron chi connectivity index (χ4n) is 1.53. The van der Waals surface area contributed by atoms with Gasteiger partial charge in [-0.05, 0) is 13.8 Å². The van der Waals surface area contributed by atoms with E-state index in [1.165, 1.54) is 6.21 Å². The molecule has 2 rings (SSSR count). The Bertz CT molecular complexity index is 212. The first kappa shape index (κ1) is 7.06. The number of rotatable bonds is 0. The van der Waals surface area contributed by atoms with Gasteiger partial charge >= 0.3 is 0 Å². The molecule has 0 radical (unpaired) electrons. The zero-order valence-corrected chi connectivity index (χ0v) is 6.61. The summed E-state index contributed by atoms with van der Waals surface area (Å²) in [4.78, 5) is 0. The van der Waals surface area contributed by atoms with Gasteiger partial charge in [0.05, 0.1) is 0 Å². The van der Waals surface area contributed by atoms with E-state index in [2.05, 4.69) is 0 Å². The van der Waals surface area contributed by atoms with E-state index in [1.807, 2.05) is 13.8 Å². The molecule has 0 aromatic carbocycles. The number of hydrogen-bond acceptors (Lipinski definition) is 3. The fourth-order valence-corrected chi connectivity index (χ4v) is 1.53. The van der Waals surface area contributed by atoms with Crippen molar-refractivity contribution >= 4 is 6.21 Å². The first-order valence-corrected chi connectivity index (χ1v) is 3.71. The molecule has 1 fully saturated rings. The average molecular weight is 157 g/mol. The molecular formula is C7H11NO3. The molecule has 0 N–H and O–H groups in total. The van der Waals surface area contributed by atoms with E-state index in [-0.39, 0.29) is 12.2 Å². The summed E-state index contributed by atoms with van der Waals surface area (Å²) in [5, 5.41) is 10.8. The maximum Gasteiger partial charge on any atom is 0.183 e. The smallest absolute Gasteiger partial charge is 0.183 e. The lowest BCUT2D eigenvalue weighted by Crippen LogP contribution is -2.24. The van der Waals surface area contributed by atoms with Crippen molar-refractivity contribution in [2.24, 2.45) is 0 Å². The van der Waals surface area contributed by atoms with Gasteiger partial charge in [-0.15, -0.1) is 0 Å². The second-order valence-electron chi connectivity index (χ2n) is 3.39. The lowest BCUT2D eigenvalue weighted by atomic mass is 10.3. The largest absolute Gasteiger partial charge is 0.624 e. The summed E-state index contributed by atoms with van der Waals surface area (Å²) in [7, 11) is 0. The van der Waals surface area contributed by atoms with Gasteiger partial charge in [-0.3, -0.25) is 0 Å². The minimum atomic E-state index is -0.521. The fraction of sp³-hybridized carbons (Fsp3) is 0.857. The highest BCUT2D eigenvalue weighted by Crippen LogP contribution is 2.29. The van der Waals surface area contributed by atoms with E-state index in [0.717, 1.165) is 4.74 Å². The van der Waals surface area contributed by atoms with Crippen LogP contribution in [-0.4, -0.2) is 35.5 Å². The van der Waals surface area contributed by atoms with E-state index in [9.17, 15) is 5.21 Å². The van der Waals surface area contributed by atoms with Crippen LogP contribution in [-0.2, 0) is 9.47 Å². The second kappa shape index (κ2) is 1.95. The molecule has 0 aliphatic carbocycles. The molecule has 11 heavy (non-hydrogen) atoms. The summed E-state index contributed by atoms with van der Waals surface area (Å²) < 4.78 is 11.7. The third-order valence-corrected chi connectivity index (χ3v) is 1.89. The van der Waals surface area contributed by atoms with Crippen LogP contribution >= 0.6 is 0 Å². The normalized spacial score (nSPS) is 40.4. The van der Waals surface area contributed by atoms with Crippen molar-refractivity contribution in [3.8, 4) is 0 Å². The van der Waals surface area contributed by atoms with Gasteiger partial charge in [-0.25, -0.2) is 4.74 Å². The molecule has 0 bridgehead atoms. The molecular weight excluding hydrogens is 146 g/mol. The molecule has 4 nitrogen and oxygen atoms in total.